The summed E-state index contributed by atoms with van der Waals surface area (Å²) in [6.45, 7) is 11.0. The van der Waals surface area contributed by atoms with E-state index < -0.39 is 0 Å². The molecule has 0 aromatic heterocycles. The van der Waals surface area contributed by atoms with Crippen LogP contribution in [0.25, 0.3) is 16.7 Å². The lowest BCUT2D eigenvalue weighted by molar-refractivity contribution is 0.493. The highest BCUT2D eigenvalue weighted by molar-refractivity contribution is 6.36. The average molecular weight is 361 g/mol. The quantitative estimate of drug-likeness (QED) is 0.466. The number of rotatable bonds is 7. The SMILES string of the molecule is C=C(CCC(C)CCC)c1ccc(-c2ccc(Cl)cc2Cl)cc1C. The first-order chi connectivity index (χ1) is 11.4. The fraction of sp³-hybridized carbons (Fsp3) is 0.364. The zero-order chi connectivity index (χ0) is 17.7. The molecule has 0 spiro atoms. The summed E-state index contributed by atoms with van der Waals surface area (Å²) in [6, 6.07) is 12.1. The van der Waals surface area contributed by atoms with Gasteiger partial charge in [-0.25, -0.2) is 0 Å². The van der Waals surface area contributed by atoms with Crippen LogP contribution in [0.15, 0.2) is 43.0 Å². The van der Waals surface area contributed by atoms with E-state index in [4.69, 9.17) is 23.2 Å². The summed E-state index contributed by atoms with van der Waals surface area (Å²) in [5.41, 5.74) is 5.85. The predicted octanol–water partition coefficient (Wildman–Crippen LogP) is 8.20. The molecule has 2 aromatic carbocycles. The minimum absolute atomic E-state index is 0.659. The normalized spacial score (nSPS) is 12.2. The number of benzene rings is 2. The molecule has 0 fully saturated rings. The Kier molecular flexibility index (Phi) is 6.95. The van der Waals surface area contributed by atoms with Crippen molar-refractivity contribution in [3.63, 3.8) is 0 Å². The standard InChI is InChI=1S/C22H26Cl2/c1-5-6-15(2)7-8-16(3)20-11-9-18(13-17(20)4)21-12-10-19(23)14-22(21)24/h9-15H,3,5-8H2,1-2,4H3. The number of aryl methyl sites for hydroxylation is 1. The van der Waals surface area contributed by atoms with Crippen LogP contribution in [-0.4, -0.2) is 0 Å². The van der Waals surface area contributed by atoms with Crippen LogP contribution in [0, 0.1) is 12.8 Å². The highest BCUT2D eigenvalue weighted by Gasteiger charge is 2.09. The van der Waals surface area contributed by atoms with Crippen molar-refractivity contribution in [1.82, 2.24) is 0 Å². The van der Waals surface area contributed by atoms with E-state index in [9.17, 15) is 0 Å². The van der Waals surface area contributed by atoms with Crippen molar-refractivity contribution in [2.75, 3.05) is 0 Å². The fourth-order valence-electron chi connectivity index (χ4n) is 3.14. The third-order valence-corrected chi connectivity index (χ3v) is 5.12. The first kappa shape index (κ1) is 19.1. The first-order valence-corrected chi connectivity index (χ1v) is 9.42. The van der Waals surface area contributed by atoms with E-state index in [-0.39, 0.29) is 0 Å². The number of hydrogen-bond acceptors (Lipinski definition) is 0. The highest BCUT2D eigenvalue weighted by atomic mass is 35.5. The topological polar surface area (TPSA) is 0 Å². The lowest BCUT2D eigenvalue weighted by Crippen LogP contribution is -1.96. The van der Waals surface area contributed by atoms with Gasteiger partial charge >= 0.3 is 0 Å². The van der Waals surface area contributed by atoms with Gasteiger partial charge in [0.1, 0.15) is 0 Å². The summed E-state index contributed by atoms with van der Waals surface area (Å²) in [7, 11) is 0. The third-order valence-electron chi connectivity index (χ3n) is 4.57. The van der Waals surface area contributed by atoms with E-state index >= 15 is 0 Å². The van der Waals surface area contributed by atoms with Gasteiger partial charge in [0.05, 0.1) is 0 Å². The Morgan fingerprint density at radius 2 is 1.83 bits per heavy atom. The number of hydrogen-bond donors (Lipinski definition) is 0. The highest BCUT2D eigenvalue weighted by Crippen LogP contribution is 2.33. The van der Waals surface area contributed by atoms with Gasteiger partial charge in [0, 0.05) is 15.6 Å². The van der Waals surface area contributed by atoms with Crippen molar-refractivity contribution in [3.05, 3.63) is 64.1 Å². The zero-order valence-electron chi connectivity index (χ0n) is 14.8. The van der Waals surface area contributed by atoms with Crippen LogP contribution in [0.4, 0.5) is 0 Å². The predicted molar refractivity (Wildman–Crippen MR) is 109 cm³/mol. The second kappa shape index (κ2) is 8.74. The van der Waals surface area contributed by atoms with Crippen LogP contribution in [-0.2, 0) is 0 Å². The van der Waals surface area contributed by atoms with Gasteiger partial charge in [0.15, 0.2) is 0 Å². The molecule has 24 heavy (non-hydrogen) atoms. The monoisotopic (exact) mass is 360 g/mol. The summed E-state index contributed by atoms with van der Waals surface area (Å²) in [5.74, 6) is 0.763. The summed E-state index contributed by atoms with van der Waals surface area (Å²) in [4.78, 5) is 0. The van der Waals surface area contributed by atoms with Gasteiger partial charge in [-0.05, 0) is 60.1 Å². The van der Waals surface area contributed by atoms with Gasteiger partial charge in [-0.15, -0.1) is 0 Å². The average Bonchev–Trinajstić information content (AvgIpc) is 2.53. The molecule has 0 aliphatic carbocycles. The molecule has 0 nitrogen and oxygen atoms in total. The van der Waals surface area contributed by atoms with Crippen LogP contribution in [0.1, 0.15) is 50.7 Å². The molecule has 2 rings (SSSR count). The number of halogens is 2. The van der Waals surface area contributed by atoms with Crippen molar-refractivity contribution < 1.29 is 0 Å². The van der Waals surface area contributed by atoms with E-state index in [0.717, 1.165) is 23.5 Å². The maximum absolute atomic E-state index is 6.33. The Hall–Kier alpha value is -1.24. The molecule has 0 radical (unpaired) electrons. The Bertz CT molecular complexity index is 716. The second-order valence-corrected chi connectivity index (χ2v) is 7.53. The molecule has 0 heterocycles. The van der Waals surface area contributed by atoms with Crippen molar-refractivity contribution in [3.8, 4) is 11.1 Å². The van der Waals surface area contributed by atoms with Crippen LogP contribution in [0.2, 0.25) is 10.0 Å². The Balaban J connectivity index is 2.16. The minimum Gasteiger partial charge on any atom is -0.0952 e. The van der Waals surface area contributed by atoms with Crippen molar-refractivity contribution >= 4 is 28.8 Å². The van der Waals surface area contributed by atoms with E-state index in [2.05, 4.69) is 45.5 Å². The van der Waals surface area contributed by atoms with Crippen LogP contribution in [0.5, 0.6) is 0 Å². The van der Waals surface area contributed by atoms with Crippen LogP contribution >= 0.6 is 23.2 Å². The van der Waals surface area contributed by atoms with Crippen LogP contribution in [0.3, 0.4) is 0 Å². The van der Waals surface area contributed by atoms with Gasteiger partial charge in [-0.3, -0.25) is 0 Å². The molecule has 128 valence electrons. The van der Waals surface area contributed by atoms with Gasteiger partial charge < -0.3 is 0 Å². The molecular formula is C22H26Cl2. The molecule has 0 N–H and O–H groups in total. The molecule has 0 saturated carbocycles. The third kappa shape index (κ3) is 4.88. The van der Waals surface area contributed by atoms with Crippen molar-refractivity contribution in [2.45, 2.75) is 46.5 Å². The summed E-state index contributed by atoms with van der Waals surface area (Å²) in [5, 5.41) is 1.34. The molecule has 0 aliphatic rings. The zero-order valence-corrected chi connectivity index (χ0v) is 16.3. The van der Waals surface area contributed by atoms with E-state index in [1.54, 1.807) is 6.07 Å². The van der Waals surface area contributed by atoms with Gasteiger partial charge in [-0.1, -0.05) is 80.7 Å². The van der Waals surface area contributed by atoms with Gasteiger partial charge in [-0.2, -0.15) is 0 Å². The molecule has 0 amide bonds. The smallest absolute Gasteiger partial charge is 0.0499 e. The van der Waals surface area contributed by atoms with Gasteiger partial charge in [0.2, 0.25) is 0 Å². The lowest BCUT2D eigenvalue weighted by Gasteiger charge is -2.15. The molecule has 1 atom stereocenters. The van der Waals surface area contributed by atoms with E-state index in [0.29, 0.717) is 10.0 Å². The molecule has 2 aromatic rings. The minimum atomic E-state index is 0.659. The summed E-state index contributed by atoms with van der Waals surface area (Å²) >= 11 is 12.3. The Morgan fingerprint density at radius 1 is 1.08 bits per heavy atom. The largest absolute Gasteiger partial charge is 0.0952 e. The van der Waals surface area contributed by atoms with Gasteiger partial charge in [0.25, 0.3) is 0 Å². The van der Waals surface area contributed by atoms with E-state index in [1.165, 1.54) is 36.0 Å². The Labute approximate surface area is 156 Å². The molecule has 0 bridgehead atoms. The maximum Gasteiger partial charge on any atom is 0.0499 e. The lowest BCUT2D eigenvalue weighted by atomic mass is 9.91. The molecule has 1 unspecified atom stereocenters. The summed E-state index contributed by atoms with van der Waals surface area (Å²) in [6.07, 6.45) is 4.81. The van der Waals surface area contributed by atoms with E-state index in [1.807, 2.05) is 12.1 Å². The maximum atomic E-state index is 6.33. The Morgan fingerprint density at radius 3 is 2.46 bits per heavy atom. The second-order valence-electron chi connectivity index (χ2n) is 6.69. The number of allylic oxidation sites excluding steroid dienone is 1. The molecule has 2 heteroatoms. The first-order valence-electron chi connectivity index (χ1n) is 8.66. The summed E-state index contributed by atoms with van der Waals surface area (Å²) < 4.78 is 0. The molecule has 0 saturated heterocycles. The molecular weight excluding hydrogens is 335 g/mol. The fourth-order valence-corrected chi connectivity index (χ4v) is 3.66. The van der Waals surface area contributed by atoms with Crippen LogP contribution < -0.4 is 0 Å². The molecule has 0 aliphatic heterocycles. The van der Waals surface area contributed by atoms with Crippen molar-refractivity contribution in [1.29, 1.82) is 0 Å². The van der Waals surface area contributed by atoms with Crippen molar-refractivity contribution in [2.24, 2.45) is 5.92 Å².